The zero-order valence-corrected chi connectivity index (χ0v) is 29.2. The van der Waals surface area contributed by atoms with E-state index in [0.29, 0.717) is 31.1 Å². The topological polar surface area (TPSA) is 91.1 Å². The minimum atomic E-state index is -0.950. The molecular weight excluding hydrogens is 634 g/mol. The van der Waals surface area contributed by atoms with E-state index in [1.54, 1.807) is 30.0 Å². The number of aromatic carboxylic acids is 1. The van der Waals surface area contributed by atoms with Crippen molar-refractivity contribution in [2.45, 2.75) is 31.7 Å². The quantitative estimate of drug-likeness (QED) is 0.226. The number of nitrogens with zero attached hydrogens (tertiary/aromatic N) is 5. The van der Waals surface area contributed by atoms with Gasteiger partial charge in [0.1, 0.15) is 5.82 Å². The fourth-order valence-electron chi connectivity index (χ4n) is 5.60. The van der Waals surface area contributed by atoms with Crippen LogP contribution >= 0.6 is 23.4 Å². The van der Waals surface area contributed by atoms with Crippen molar-refractivity contribution in [2.24, 2.45) is 7.05 Å². The van der Waals surface area contributed by atoms with Gasteiger partial charge in [-0.25, -0.2) is 9.78 Å². The number of rotatable bonds is 7. The van der Waals surface area contributed by atoms with Crippen molar-refractivity contribution in [2.75, 3.05) is 63.9 Å². The minimum absolute atomic E-state index is 0.0222. The van der Waals surface area contributed by atoms with E-state index >= 15 is 0 Å². The second kappa shape index (κ2) is 16.0. The molecule has 1 aromatic heterocycles. The van der Waals surface area contributed by atoms with E-state index in [2.05, 4.69) is 23.1 Å². The van der Waals surface area contributed by atoms with E-state index < -0.39 is 5.97 Å². The summed E-state index contributed by atoms with van der Waals surface area (Å²) in [6.45, 7) is 5.35. The molecular formula is C36H44ClN5O4S. The minimum Gasteiger partial charge on any atom is -0.478 e. The molecule has 4 aromatic rings. The number of imidazole rings is 1. The summed E-state index contributed by atoms with van der Waals surface area (Å²) in [5.41, 5.74) is 5.62. The predicted molar refractivity (Wildman–Crippen MR) is 192 cm³/mol. The first-order valence-corrected chi connectivity index (χ1v) is 18.0. The monoisotopic (exact) mass is 677 g/mol. The first-order valence-electron chi connectivity index (χ1n) is 16.0. The van der Waals surface area contributed by atoms with Crippen molar-refractivity contribution in [3.8, 4) is 0 Å². The van der Waals surface area contributed by atoms with Gasteiger partial charge < -0.3 is 24.2 Å². The smallest absolute Gasteiger partial charge is 0.335 e. The molecule has 1 saturated carbocycles. The van der Waals surface area contributed by atoms with Gasteiger partial charge in [0.15, 0.2) is 0 Å². The normalized spacial score (nSPS) is 16.0. The van der Waals surface area contributed by atoms with Crippen LogP contribution in [0.5, 0.6) is 0 Å². The molecule has 3 aromatic carbocycles. The number of carboxylic acid groups (broad SMARTS) is 1. The average Bonchev–Trinajstić information content (AvgIpc) is 3.85. The lowest BCUT2D eigenvalue weighted by atomic mass is 10.1. The van der Waals surface area contributed by atoms with Crippen molar-refractivity contribution in [3.63, 3.8) is 0 Å². The van der Waals surface area contributed by atoms with Crippen LogP contribution in [0.25, 0.3) is 11.0 Å². The Morgan fingerprint density at radius 2 is 1.68 bits per heavy atom. The Hall–Kier alpha value is -3.57. The number of benzene rings is 3. The largest absolute Gasteiger partial charge is 0.478 e. The van der Waals surface area contributed by atoms with Gasteiger partial charge in [-0.2, -0.15) is 11.8 Å². The van der Waals surface area contributed by atoms with E-state index in [9.17, 15) is 14.7 Å². The molecule has 0 bridgehead atoms. The molecule has 250 valence electrons. The number of carbonyl (C=O) groups excluding carboxylic acids is 1. The van der Waals surface area contributed by atoms with Crippen molar-refractivity contribution in [1.82, 2.24) is 19.4 Å². The number of ether oxygens (including phenoxy) is 1. The molecule has 9 nitrogen and oxygen atoms in total. The van der Waals surface area contributed by atoms with Crippen LogP contribution in [0.2, 0.25) is 5.02 Å². The lowest BCUT2D eigenvalue weighted by molar-refractivity contribution is 0.0367. The number of carboxylic acids is 1. The molecule has 2 aliphatic heterocycles. The fourth-order valence-corrected chi connectivity index (χ4v) is 5.92. The molecule has 0 unspecified atom stereocenters. The van der Waals surface area contributed by atoms with Crippen molar-refractivity contribution >= 4 is 57.6 Å². The lowest BCUT2D eigenvalue weighted by Gasteiger charge is -2.34. The maximum absolute atomic E-state index is 13.4. The Kier molecular flexibility index (Phi) is 11.8. The van der Waals surface area contributed by atoms with Crippen LogP contribution in [-0.2, 0) is 18.3 Å². The van der Waals surface area contributed by atoms with E-state index in [1.165, 1.54) is 24.8 Å². The van der Waals surface area contributed by atoms with Gasteiger partial charge in [0.25, 0.3) is 5.91 Å². The van der Waals surface area contributed by atoms with Crippen LogP contribution in [0.3, 0.4) is 0 Å². The van der Waals surface area contributed by atoms with Crippen LogP contribution in [0.1, 0.15) is 57.3 Å². The van der Waals surface area contributed by atoms with E-state index in [4.69, 9.17) is 21.3 Å². The molecule has 1 amide bonds. The number of thioether (sulfide) groups is 1. The zero-order chi connectivity index (χ0) is 33.5. The SMILES string of the molecule is C1COC1.CN(c1cccc(C(=O)N2CCN(Cc3nc4ccc(C(=O)O)cc4n3C)CC2)c1)c1ccc(C2CC2)cc1Cl.CSC. The summed E-state index contributed by atoms with van der Waals surface area (Å²) in [5.74, 6) is 0.591. The van der Waals surface area contributed by atoms with Gasteiger partial charge in [0, 0.05) is 64.7 Å². The Bertz CT molecular complexity index is 1690. The summed E-state index contributed by atoms with van der Waals surface area (Å²) < 4.78 is 6.67. The molecule has 47 heavy (non-hydrogen) atoms. The molecule has 1 N–H and O–H groups in total. The second-order valence-corrected chi connectivity index (χ2v) is 13.4. The van der Waals surface area contributed by atoms with Crippen molar-refractivity contribution in [1.29, 1.82) is 0 Å². The number of halogens is 1. The maximum atomic E-state index is 13.4. The summed E-state index contributed by atoms with van der Waals surface area (Å²) in [4.78, 5) is 35.7. The summed E-state index contributed by atoms with van der Waals surface area (Å²) in [5, 5.41) is 10.0. The van der Waals surface area contributed by atoms with Crippen LogP contribution < -0.4 is 4.90 Å². The Morgan fingerprint density at radius 3 is 2.28 bits per heavy atom. The first-order chi connectivity index (χ1) is 22.7. The lowest BCUT2D eigenvalue weighted by Crippen LogP contribution is -2.48. The van der Waals surface area contributed by atoms with Gasteiger partial charge in [0.05, 0.1) is 33.9 Å². The van der Waals surface area contributed by atoms with Gasteiger partial charge in [-0.3, -0.25) is 9.69 Å². The average molecular weight is 678 g/mol. The van der Waals surface area contributed by atoms with Gasteiger partial charge >= 0.3 is 5.97 Å². The molecule has 0 atom stereocenters. The third-order valence-electron chi connectivity index (χ3n) is 8.68. The van der Waals surface area contributed by atoms with Crippen molar-refractivity contribution < 1.29 is 19.4 Å². The van der Waals surface area contributed by atoms with Gasteiger partial charge in [-0.1, -0.05) is 23.7 Å². The van der Waals surface area contributed by atoms with Crippen LogP contribution in [-0.4, -0.2) is 95.3 Å². The van der Waals surface area contributed by atoms with E-state index in [-0.39, 0.29) is 11.5 Å². The van der Waals surface area contributed by atoms with Gasteiger partial charge in [-0.05, 0) is 91.8 Å². The zero-order valence-electron chi connectivity index (χ0n) is 27.6. The van der Waals surface area contributed by atoms with Crippen LogP contribution in [0.4, 0.5) is 11.4 Å². The number of anilines is 2. The molecule has 7 rings (SSSR count). The Morgan fingerprint density at radius 1 is 1.00 bits per heavy atom. The highest BCUT2D eigenvalue weighted by Crippen LogP contribution is 2.43. The highest BCUT2D eigenvalue weighted by Gasteiger charge is 2.26. The molecule has 11 heteroatoms. The van der Waals surface area contributed by atoms with Gasteiger partial charge in [-0.15, -0.1) is 0 Å². The number of aryl methyl sites for hydroxylation is 1. The third-order valence-corrected chi connectivity index (χ3v) is 8.99. The predicted octanol–water partition coefficient (Wildman–Crippen LogP) is 6.91. The van der Waals surface area contributed by atoms with E-state index in [0.717, 1.165) is 59.6 Å². The number of carbonyl (C=O) groups is 2. The molecule has 1 aliphatic carbocycles. The maximum Gasteiger partial charge on any atom is 0.335 e. The van der Waals surface area contributed by atoms with E-state index in [1.807, 2.05) is 65.2 Å². The highest BCUT2D eigenvalue weighted by molar-refractivity contribution is 7.97. The van der Waals surface area contributed by atoms with Crippen LogP contribution in [0, 0.1) is 0 Å². The van der Waals surface area contributed by atoms with Gasteiger partial charge in [0.2, 0.25) is 0 Å². The molecule has 0 spiro atoms. The van der Waals surface area contributed by atoms with Crippen molar-refractivity contribution in [3.05, 3.63) is 88.2 Å². The number of piperazine rings is 1. The molecule has 3 heterocycles. The first kappa shape index (κ1) is 34.8. The third kappa shape index (κ3) is 8.67. The summed E-state index contributed by atoms with van der Waals surface area (Å²) >= 11 is 8.39. The Labute approximate surface area is 286 Å². The fraction of sp³-hybridized carbons (Fsp3) is 0.417. The Balaban J connectivity index is 0.000000558. The molecule has 3 fully saturated rings. The number of fused-ring (bicyclic) bond motifs is 1. The summed E-state index contributed by atoms with van der Waals surface area (Å²) in [6, 6.07) is 19.0. The standard InChI is InChI=1S/C31H32ClN5O3.C3H6O.C2H6S/c1-34(27-11-9-21(17-25(27)32)20-6-7-20)24-5-3-4-22(16-24)30(38)37-14-12-36(13-15-37)19-29-33-26-10-8-23(31(39)40)18-28(26)35(29)2;1-2-4-3-1;1-3-2/h3-5,8-11,16-18,20H,6-7,12-15,19H2,1-2H3,(H,39,40);1-3H2;1-2H3. The second-order valence-electron chi connectivity index (χ2n) is 12.1. The molecule has 3 aliphatic rings. The summed E-state index contributed by atoms with van der Waals surface area (Å²) in [7, 11) is 3.89. The molecule has 0 radical (unpaired) electrons. The number of hydrogen-bond acceptors (Lipinski definition) is 7. The number of hydrogen-bond donors (Lipinski definition) is 1. The number of aromatic nitrogens is 2. The number of amides is 1. The van der Waals surface area contributed by atoms with Crippen LogP contribution in [0.15, 0.2) is 60.7 Å². The summed E-state index contributed by atoms with van der Waals surface area (Å²) in [6.07, 6.45) is 7.83. The highest BCUT2D eigenvalue weighted by atomic mass is 35.5. The molecule has 2 saturated heterocycles.